The third-order valence-electron chi connectivity index (χ3n) is 4.90. The number of halogens is 2. The first-order valence-electron chi connectivity index (χ1n) is 10.1. The molecule has 0 aromatic heterocycles. The number of esters is 1. The maximum Gasteiger partial charge on any atom is 0.459 e. The highest BCUT2D eigenvalue weighted by molar-refractivity contribution is 7.52. The van der Waals surface area contributed by atoms with Gasteiger partial charge < -0.3 is 18.7 Å². The van der Waals surface area contributed by atoms with E-state index in [4.69, 9.17) is 41.7 Å². The van der Waals surface area contributed by atoms with Crippen molar-refractivity contribution in [3.63, 3.8) is 0 Å². The summed E-state index contributed by atoms with van der Waals surface area (Å²) in [5.74, 6) is -2.34. The van der Waals surface area contributed by atoms with Crippen LogP contribution in [0.25, 0.3) is 0 Å². The maximum atomic E-state index is 13.4. The van der Waals surface area contributed by atoms with Crippen molar-refractivity contribution in [2.45, 2.75) is 32.3 Å². The molecular weight excluding hydrogens is 514 g/mol. The van der Waals surface area contributed by atoms with Crippen LogP contribution in [-0.2, 0) is 37.7 Å². The van der Waals surface area contributed by atoms with E-state index in [0.717, 1.165) is 0 Å². The van der Waals surface area contributed by atoms with Gasteiger partial charge in [0.05, 0.1) is 35.8 Å². The van der Waals surface area contributed by atoms with E-state index < -0.39 is 49.9 Å². The van der Waals surface area contributed by atoms with Crippen LogP contribution in [0.4, 0.5) is 0 Å². The summed E-state index contributed by atoms with van der Waals surface area (Å²) in [5.41, 5.74) is 0.383. The Morgan fingerprint density at radius 1 is 1.32 bits per heavy atom. The lowest BCUT2D eigenvalue weighted by atomic mass is 9.95. The molecule has 0 bridgehead atoms. The van der Waals surface area contributed by atoms with Gasteiger partial charge in [-0.3, -0.25) is 24.2 Å². The second kappa shape index (κ2) is 11.2. The molecule has 3 rings (SSSR count). The number of hydrogen-bond acceptors (Lipinski definition) is 9. The van der Waals surface area contributed by atoms with Crippen LogP contribution >= 0.6 is 30.9 Å². The normalized spacial score (nSPS) is 25.2. The van der Waals surface area contributed by atoms with Gasteiger partial charge in [0.15, 0.2) is 6.29 Å². The second-order valence-electron chi connectivity index (χ2n) is 7.47. The SMILES string of the molecule is COC(=O)[C@H](C)NP(=O)(OC[C@@H]1OC[C@H](C2C=C(C)C(=O)NC2=O)O1)Oc1ccc(Cl)c(Cl)c1. The van der Waals surface area contributed by atoms with E-state index in [1.54, 1.807) is 6.92 Å². The summed E-state index contributed by atoms with van der Waals surface area (Å²) in [6.07, 6.45) is -0.171. The lowest BCUT2D eigenvalue weighted by Crippen LogP contribution is -2.45. The molecule has 0 saturated carbocycles. The fourth-order valence-corrected chi connectivity index (χ4v) is 4.89. The van der Waals surface area contributed by atoms with E-state index in [1.807, 2.05) is 0 Å². The molecule has 1 aromatic rings. The van der Waals surface area contributed by atoms with E-state index >= 15 is 0 Å². The number of imide groups is 1. The standard InChI is InChI=1S/C20H23Cl2N2O9P/c1-10-6-13(19(26)23-18(10)25)16-8-30-17(32-16)9-31-34(28,24-11(2)20(27)29-3)33-12-4-5-14(21)15(22)7-12/h4-7,11,13,16-17H,8-9H2,1-3H3,(H,24,28)(H,23,25,26)/t11-,13?,16+,17+,34?/m0/s1. The third kappa shape index (κ3) is 6.57. The molecule has 0 spiro atoms. The average molecular weight is 537 g/mol. The predicted octanol–water partition coefficient (Wildman–Crippen LogP) is 2.61. The largest absolute Gasteiger partial charge is 0.468 e. The summed E-state index contributed by atoms with van der Waals surface area (Å²) in [7, 11) is -3.00. The van der Waals surface area contributed by atoms with Gasteiger partial charge in [0, 0.05) is 11.6 Å². The number of benzene rings is 1. The molecule has 2 heterocycles. The molecule has 5 atom stereocenters. The summed E-state index contributed by atoms with van der Waals surface area (Å²) >= 11 is 11.9. The summed E-state index contributed by atoms with van der Waals surface area (Å²) in [6, 6.07) is 3.15. The fourth-order valence-electron chi connectivity index (χ4n) is 3.13. The van der Waals surface area contributed by atoms with Crippen LogP contribution in [0.1, 0.15) is 13.8 Å². The van der Waals surface area contributed by atoms with Crippen molar-refractivity contribution in [3.8, 4) is 5.75 Å². The van der Waals surface area contributed by atoms with Crippen molar-refractivity contribution >= 4 is 48.7 Å². The molecule has 1 fully saturated rings. The van der Waals surface area contributed by atoms with Crippen LogP contribution in [0, 0.1) is 5.92 Å². The van der Waals surface area contributed by atoms with Crippen LogP contribution < -0.4 is 14.9 Å². The lowest BCUT2D eigenvalue weighted by Gasteiger charge is -2.24. The van der Waals surface area contributed by atoms with Gasteiger partial charge in [-0.05, 0) is 26.0 Å². The van der Waals surface area contributed by atoms with Crippen molar-refractivity contribution in [1.82, 2.24) is 10.4 Å². The van der Waals surface area contributed by atoms with Crippen molar-refractivity contribution in [1.29, 1.82) is 0 Å². The van der Waals surface area contributed by atoms with E-state index in [2.05, 4.69) is 15.1 Å². The molecule has 2 amide bonds. The Morgan fingerprint density at radius 2 is 2.06 bits per heavy atom. The molecule has 14 heteroatoms. The summed E-state index contributed by atoms with van der Waals surface area (Å²) in [5, 5.41) is 5.15. The Bertz CT molecular complexity index is 1050. The van der Waals surface area contributed by atoms with Crippen LogP contribution in [0.3, 0.4) is 0 Å². The van der Waals surface area contributed by atoms with Gasteiger partial charge in [0.1, 0.15) is 18.4 Å². The van der Waals surface area contributed by atoms with Crippen molar-refractivity contribution in [2.24, 2.45) is 5.92 Å². The van der Waals surface area contributed by atoms with Crippen LogP contribution in [-0.4, -0.2) is 56.5 Å². The first-order valence-corrected chi connectivity index (χ1v) is 12.4. The van der Waals surface area contributed by atoms with Gasteiger partial charge in [-0.15, -0.1) is 0 Å². The Morgan fingerprint density at radius 3 is 2.74 bits per heavy atom. The van der Waals surface area contributed by atoms with Crippen LogP contribution in [0.2, 0.25) is 10.0 Å². The van der Waals surface area contributed by atoms with E-state index in [0.29, 0.717) is 5.57 Å². The Hall–Kier alpha value is -1.98. The summed E-state index contributed by atoms with van der Waals surface area (Å²) in [4.78, 5) is 35.6. The molecular formula is C20H23Cl2N2O9P. The van der Waals surface area contributed by atoms with Gasteiger partial charge in [-0.1, -0.05) is 29.3 Å². The van der Waals surface area contributed by atoms with Gasteiger partial charge in [-0.25, -0.2) is 4.57 Å². The van der Waals surface area contributed by atoms with E-state index in [-0.39, 0.29) is 29.0 Å². The zero-order chi connectivity index (χ0) is 25.0. The molecule has 0 radical (unpaired) electrons. The number of rotatable bonds is 9. The van der Waals surface area contributed by atoms with Crippen LogP contribution in [0.15, 0.2) is 29.8 Å². The number of nitrogens with one attached hydrogen (secondary N) is 2. The third-order valence-corrected chi connectivity index (χ3v) is 7.29. The number of hydrogen-bond donors (Lipinski definition) is 2. The minimum Gasteiger partial charge on any atom is -0.468 e. The van der Waals surface area contributed by atoms with E-state index in [9.17, 15) is 18.9 Å². The number of amides is 2. The average Bonchev–Trinajstić information content (AvgIpc) is 3.25. The quantitative estimate of drug-likeness (QED) is 0.275. The van der Waals surface area contributed by atoms with Gasteiger partial charge in [0.2, 0.25) is 5.91 Å². The van der Waals surface area contributed by atoms with Gasteiger partial charge >= 0.3 is 13.7 Å². The van der Waals surface area contributed by atoms with Crippen molar-refractivity contribution in [3.05, 3.63) is 39.9 Å². The number of methoxy groups -OCH3 is 1. The highest BCUT2D eigenvalue weighted by atomic mass is 35.5. The zero-order valence-corrected chi connectivity index (χ0v) is 20.8. The molecule has 2 aliphatic heterocycles. The highest BCUT2D eigenvalue weighted by Gasteiger charge is 2.40. The van der Waals surface area contributed by atoms with Crippen molar-refractivity contribution < 1.29 is 42.2 Å². The number of carbonyl (C=O) groups is 3. The van der Waals surface area contributed by atoms with Gasteiger partial charge in [0.25, 0.3) is 5.91 Å². The molecule has 186 valence electrons. The monoisotopic (exact) mass is 536 g/mol. The molecule has 34 heavy (non-hydrogen) atoms. The minimum absolute atomic E-state index is 0.0357. The topological polar surface area (TPSA) is 138 Å². The highest BCUT2D eigenvalue weighted by Crippen LogP contribution is 2.46. The zero-order valence-electron chi connectivity index (χ0n) is 18.4. The molecule has 2 N–H and O–H groups in total. The maximum absolute atomic E-state index is 13.4. The Labute approximate surface area is 205 Å². The number of carbonyl (C=O) groups excluding carboxylic acids is 3. The molecule has 11 nitrogen and oxygen atoms in total. The number of ether oxygens (including phenoxy) is 3. The smallest absolute Gasteiger partial charge is 0.459 e. The molecule has 1 aromatic carbocycles. The summed E-state index contributed by atoms with van der Waals surface area (Å²) in [6.45, 7) is 2.66. The first kappa shape index (κ1) is 26.6. The predicted molar refractivity (Wildman–Crippen MR) is 120 cm³/mol. The molecule has 2 aliphatic rings. The Kier molecular flexibility index (Phi) is 8.75. The van der Waals surface area contributed by atoms with Crippen LogP contribution in [0.5, 0.6) is 5.75 Å². The van der Waals surface area contributed by atoms with Gasteiger partial charge in [-0.2, -0.15) is 5.09 Å². The lowest BCUT2D eigenvalue weighted by molar-refractivity contribution is -0.142. The minimum atomic E-state index is -4.18. The second-order valence-corrected chi connectivity index (χ2v) is 9.97. The Balaban J connectivity index is 1.68. The summed E-state index contributed by atoms with van der Waals surface area (Å²) < 4.78 is 40.2. The van der Waals surface area contributed by atoms with E-state index in [1.165, 1.54) is 38.3 Å². The van der Waals surface area contributed by atoms with Crippen molar-refractivity contribution in [2.75, 3.05) is 20.3 Å². The fraction of sp³-hybridized carbons (Fsp3) is 0.450. The molecule has 0 aliphatic carbocycles. The molecule has 2 unspecified atom stereocenters. The molecule has 1 saturated heterocycles. The first-order chi connectivity index (χ1) is 16.0.